The minimum absolute atomic E-state index is 0.00586. The van der Waals surface area contributed by atoms with Crippen molar-refractivity contribution in [3.05, 3.63) is 34.9 Å². The summed E-state index contributed by atoms with van der Waals surface area (Å²) in [6.45, 7) is 1.98. The van der Waals surface area contributed by atoms with Crippen LogP contribution in [-0.2, 0) is 11.2 Å². The van der Waals surface area contributed by atoms with Gasteiger partial charge in [-0.2, -0.15) is 0 Å². The van der Waals surface area contributed by atoms with Crippen LogP contribution in [0, 0.1) is 0 Å². The minimum Gasteiger partial charge on any atom is -0.349 e. The molecule has 1 rings (SSSR count). The van der Waals surface area contributed by atoms with Gasteiger partial charge in [-0.15, -0.1) is 0 Å². The average molecular weight is 384 g/mol. The van der Waals surface area contributed by atoms with Crippen molar-refractivity contribution >= 4 is 49.4 Å². The van der Waals surface area contributed by atoms with E-state index in [1.165, 1.54) is 0 Å². The van der Waals surface area contributed by atoms with E-state index in [-0.39, 0.29) is 11.4 Å². The van der Waals surface area contributed by atoms with Crippen molar-refractivity contribution in [2.24, 2.45) is 0 Å². The predicted octanol–water partition coefficient (Wildman–Crippen LogP) is 3.55. The molecule has 0 aromatic heterocycles. The van der Waals surface area contributed by atoms with Gasteiger partial charge in [0.25, 0.3) is 0 Å². The van der Waals surface area contributed by atoms with Crippen LogP contribution in [-0.4, -0.2) is 22.1 Å². The van der Waals surface area contributed by atoms with Gasteiger partial charge in [0.1, 0.15) is 0 Å². The van der Waals surface area contributed by atoms with Gasteiger partial charge in [-0.1, -0.05) is 55.6 Å². The molecule has 5 heteroatoms. The van der Waals surface area contributed by atoms with Crippen molar-refractivity contribution in [1.82, 2.24) is 5.32 Å². The van der Waals surface area contributed by atoms with Crippen LogP contribution in [0.25, 0.3) is 0 Å². The fourth-order valence-electron chi connectivity index (χ4n) is 1.32. The molecule has 0 fully saturated rings. The van der Waals surface area contributed by atoms with Crippen molar-refractivity contribution in [3.8, 4) is 0 Å². The number of benzene rings is 1. The summed E-state index contributed by atoms with van der Waals surface area (Å²) in [4.78, 5) is 11.9. The minimum atomic E-state index is -0.268. The normalized spacial score (nSPS) is 11.3. The number of carbonyl (C=O) groups is 1. The Morgan fingerprint density at radius 2 is 2.06 bits per heavy atom. The van der Waals surface area contributed by atoms with Gasteiger partial charge >= 0.3 is 0 Å². The highest BCUT2D eigenvalue weighted by molar-refractivity contribution is 9.09. The van der Waals surface area contributed by atoms with Crippen molar-refractivity contribution in [2.45, 2.75) is 18.9 Å². The highest BCUT2D eigenvalue weighted by atomic mass is 79.9. The lowest BCUT2D eigenvalue weighted by Crippen LogP contribution is -2.49. The van der Waals surface area contributed by atoms with E-state index in [1.807, 2.05) is 19.1 Å². The van der Waals surface area contributed by atoms with Crippen LogP contribution in [0.5, 0.6) is 0 Å². The quantitative estimate of drug-likeness (QED) is 0.774. The van der Waals surface area contributed by atoms with Crippen LogP contribution in [0.3, 0.4) is 0 Å². The zero-order valence-corrected chi connectivity index (χ0v) is 13.4. The summed E-state index contributed by atoms with van der Waals surface area (Å²) in [5.74, 6) is -0.00586. The molecular weight excluding hydrogens is 369 g/mol. The zero-order chi connectivity index (χ0) is 12.9. The maximum Gasteiger partial charge on any atom is 0.224 e. The highest BCUT2D eigenvalue weighted by Crippen LogP contribution is 2.14. The lowest BCUT2D eigenvalue weighted by Gasteiger charge is -2.26. The molecule has 94 valence electrons. The third-order valence-electron chi connectivity index (χ3n) is 2.28. The molecule has 0 bridgehead atoms. The van der Waals surface area contributed by atoms with Crippen molar-refractivity contribution < 1.29 is 4.79 Å². The molecule has 0 saturated carbocycles. The van der Waals surface area contributed by atoms with Crippen molar-refractivity contribution in [3.63, 3.8) is 0 Å². The summed E-state index contributed by atoms with van der Waals surface area (Å²) in [5.41, 5.74) is 0.650. The molecule has 2 nitrogen and oxygen atoms in total. The molecular formula is C12H14Br2ClNO. The molecule has 17 heavy (non-hydrogen) atoms. The molecule has 0 atom stereocenters. The van der Waals surface area contributed by atoms with Gasteiger partial charge in [0.2, 0.25) is 5.91 Å². The summed E-state index contributed by atoms with van der Waals surface area (Å²) < 4.78 is 0. The maximum atomic E-state index is 11.9. The zero-order valence-electron chi connectivity index (χ0n) is 9.47. The number of hydrogen-bond acceptors (Lipinski definition) is 1. The first-order chi connectivity index (χ1) is 7.99. The Bertz CT molecular complexity index is 394. The number of alkyl halides is 2. The molecule has 0 radical (unpaired) electrons. The topological polar surface area (TPSA) is 29.1 Å². The molecule has 0 heterocycles. The molecule has 0 aliphatic heterocycles. The van der Waals surface area contributed by atoms with E-state index in [4.69, 9.17) is 11.6 Å². The number of nitrogens with one attached hydrogen (secondary N) is 1. The predicted molar refractivity (Wildman–Crippen MR) is 79.3 cm³/mol. The summed E-state index contributed by atoms with van der Waals surface area (Å²) in [6, 6.07) is 7.34. The van der Waals surface area contributed by atoms with E-state index in [2.05, 4.69) is 37.2 Å². The largest absolute Gasteiger partial charge is 0.349 e. The fraction of sp³-hybridized carbons (Fsp3) is 0.417. The van der Waals surface area contributed by atoms with E-state index >= 15 is 0 Å². The number of halogens is 3. The van der Waals surface area contributed by atoms with Crippen LogP contribution in [0.1, 0.15) is 12.5 Å². The first kappa shape index (κ1) is 15.0. The maximum absolute atomic E-state index is 11.9. The number of rotatable bonds is 5. The van der Waals surface area contributed by atoms with Crippen LogP contribution in [0.4, 0.5) is 0 Å². The second-order valence-electron chi connectivity index (χ2n) is 4.18. The Hall–Kier alpha value is -0.0600. The van der Waals surface area contributed by atoms with E-state index in [0.29, 0.717) is 22.1 Å². The van der Waals surface area contributed by atoms with Crippen molar-refractivity contribution in [2.75, 3.05) is 10.7 Å². The van der Waals surface area contributed by atoms with Crippen molar-refractivity contribution in [1.29, 1.82) is 0 Å². The first-order valence-corrected chi connectivity index (χ1v) is 7.78. The molecule has 1 aromatic carbocycles. The van der Waals surface area contributed by atoms with E-state index < -0.39 is 0 Å². The molecule has 0 aliphatic carbocycles. The highest BCUT2D eigenvalue weighted by Gasteiger charge is 2.23. The summed E-state index contributed by atoms with van der Waals surface area (Å²) >= 11 is 12.7. The van der Waals surface area contributed by atoms with Crippen LogP contribution < -0.4 is 5.32 Å². The fourth-order valence-corrected chi connectivity index (χ4v) is 2.74. The lowest BCUT2D eigenvalue weighted by atomic mass is 10.1. The molecule has 0 unspecified atom stereocenters. The van der Waals surface area contributed by atoms with Gasteiger partial charge in [-0.25, -0.2) is 0 Å². The van der Waals surface area contributed by atoms with Gasteiger partial charge in [0.05, 0.1) is 12.0 Å². The smallest absolute Gasteiger partial charge is 0.224 e. The Morgan fingerprint density at radius 1 is 1.41 bits per heavy atom. The number of amides is 1. The Labute approximate surface area is 123 Å². The Balaban J connectivity index is 2.61. The van der Waals surface area contributed by atoms with Crippen LogP contribution in [0.15, 0.2) is 24.3 Å². The molecule has 1 aromatic rings. The Morgan fingerprint density at radius 3 is 2.59 bits per heavy atom. The van der Waals surface area contributed by atoms with Crippen LogP contribution in [0.2, 0.25) is 5.02 Å². The van der Waals surface area contributed by atoms with Gasteiger partial charge in [-0.3, -0.25) is 4.79 Å². The second-order valence-corrected chi connectivity index (χ2v) is 5.74. The summed E-state index contributed by atoms with van der Waals surface area (Å²) in [5, 5.41) is 5.04. The van der Waals surface area contributed by atoms with Gasteiger partial charge < -0.3 is 5.32 Å². The molecule has 0 saturated heterocycles. The monoisotopic (exact) mass is 381 g/mol. The number of hydrogen-bond donors (Lipinski definition) is 1. The van der Waals surface area contributed by atoms with Crippen LogP contribution >= 0.6 is 43.5 Å². The molecule has 0 aliphatic rings. The summed E-state index contributed by atoms with van der Waals surface area (Å²) in [6.07, 6.45) is 0.343. The molecule has 0 spiro atoms. The van der Waals surface area contributed by atoms with Gasteiger partial charge in [0, 0.05) is 15.7 Å². The number of carbonyl (C=O) groups excluding carboxylic acids is 1. The van der Waals surface area contributed by atoms with E-state index in [1.54, 1.807) is 12.1 Å². The Kier molecular flexibility index (Phi) is 5.97. The first-order valence-electron chi connectivity index (χ1n) is 5.16. The third-order valence-corrected chi connectivity index (χ3v) is 5.00. The van der Waals surface area contributed by atoms with E-state index in [0.717, 1.165) is 5.56 Å². The summed E-state index contributed by atoms with van der Waals surface area (Å²) in [7, 11) is 0. The molecule has 1 amide bonds. The average Bonchev–Trinajstić information content (AvgIpc) is 2.28. The molecule has 1 N–H and O–H groups in total. The van der Waals surface area contributed by atoms with E-state index in [9.17, 15) is 4.79 Å². The second kappa shape index (κ2) is 6.76. The SMILES string of the molecule is CC(CBr)(CBr)NC(=O)Cc1cccc(Cl)c1. The van der Waals surface area contributed by atoms with Gasteiger partial charge in [0.15, 0.2) is 0 Å². The third kappa shape index (κ3) is 4.98. The lowest BCUT2D eigenvalue weighted by molar-refractivity contribution is -0.121. The standard InChI is InChI=1S/C12H14Br2ClNO/c1-12(7-13,8-14)16-11(17)6-9-3-2-4-10(15)5-9/h2-5H,6-8H2,1H3,(H,16,17). The van der Waals surface area contributed by atoms with Gasteiger partial charge in [-0.05, 0) is 24.6 Å².